The first kappa shape index (κ1) is 28.5. The molecule has 0 aromatic heterocycles. The van der Waals surface area contributed by atoms with Crippen LogP contribution in [-0.2, 0) is 24.8 Å². The largest absolute Gasteiger partial charge is 0.378 e. The van der Waals surface area contributed by atoms with Gasteiger partial charge in [-0.3, -0.25) is 4.79 Å². The SMILES string of the molecule is CCN(CC)S(=O)(=O)c1cccc(NC(=O)c2cc(S(=O)(=O)N3CCCCC3)ccc2N2CCOCC2)c1. The number of morpholine rings is 1. The van der Waals surface area contributed by atoms with Gasteiger partial charge in [-0.15, -0.1) is 0 Å². The first-order valence-corrected chi connectivity index (χ1v) is 15.9. The molecule has 0 atom stereocenters. The van der Waals surface area contributed by atoms with Crippen molar-refractivity contribution in [1.29, 1.82) is 0 Å². The van der Waals surface area contributed by atoms with E-state index in [0.29, 0.717) is 63.9 Å². The summed E-state index contributed by atoms with van der Waals surface area (Å²) < 4.78 is 61.0. The molecule has 1 N–H and O–H groups in total. The molecular weight excluding hydrogens is 528 g/mol. The van der Waals surface area contributed by atoms with Gasteiger partial charge in [0.15, 0.2) is 0 Å². The Morgan fingerprint density at radius 3 is 2.24 bits per heavy atom. The Balaban J connectivity index is 1.68. The van der Waals surface area contributed by atoms with Crippen LogP contribution in [-0.4, -0.2) is 83.8 Å². The number of anilines is 2. The van der Waals surface area contributed by atoms with Crippen molar-refractivity contribution in [1.82, 2.24) is 8.61 Å². The van der Waals surface area contributed by atoms with E-state index in [-0.39, 0.29) is 15.4 Å². The average Bonchev–Trinajstić information content (AvgIpc) is 2.94. The van der Waals surface area contributed by atoms with Crippen LogP contribution in [0.5, 0.6) is 0 Å². The summed E-state index contributed by atoms with van der Waals surface area (Å²) in [7, 11) is -7.47. The van der Waals surface area contributed by atoms with Crippen molar-refractivity contribution in [3.05, 3.63) is 48.0 Å². The number of hydrogen-bond acceptors (Lipinski definition) is 7. The van der Waals surface area contributed by atoms with Crippen LogP contribution < -0.4 is 10.2 Å². The van der Waals surface area contributed by atoms with Crippen molar-refractivity contribution in [2.75, 3.05) is 62.7 Å². The summed E-state index contributed by atoms with van der Waals surface area (Å²) >= 11 is 0. The quantitative estimate of drug-likeness (QED) is 0.498. The van der Waals surface area contributed by atoms with Gasteiger partial charge in [-0.1, -0.05) is 26.3 Å². The van der Waals surface area contributed by atoms with E-state index in [1.165, 1.54) is 26.8 Å². The Hall–Kier alpha value is -2.51. The minimum atomic E-state index is -3.75. The number of sulfonamides is 2. The molecule has 4 rings (SSSR count). The second-order valence-electron chi connectivity index (χ2n) is 9.31. The van der Waals surface area contributed by atoms with Crippen LogP contribution in [0, 0.1) is 0 Å². The van der Waals surface area contributed by atoms with Gasteiger partial charge in [0.05, 0.1) is 28.6 Å². The molecule has 0 saturated carbocycles. The van der Waals surface area contributed by atoms with Gasteiger partial charge in [0, 0.05) is 50.6 Å². The Morgan fingerprint density at radius 2 is 1.58 bits per heavy atom. The van der Waals surface area contributed by atoms with Crippen molar-refractivity contribution in [2.24, 2.45) is 0 Å². The van der Waals surface area contributed by atoms with Crippen molar-refractivity contribution < 1.29 is 26.4 Å². The maximum atomic E-state index is 13.6. The molecule has 2 aliphatic heterocycles. The Morgan fingerprint density at radius 1 is 0.895 bits per heavy atom. The van der Waals surface area contributed by atoms with Gasteiger partial charge >= 0.3 is 0 Å². The molecule has 2 aromatic carbocycles. The van der Waals surface area contributed by atoms with Crippen LogP contribution in [0.3, 0.4) is 0 Å². The van der Waals surface area contributed by atoms with E-state index in [2.05, 4.69) is 5.32 Å². The Bertz CT molecular complexity index is 1350. The number of benzene rings is 2. The molecule has 1 amide bonds. The fourth-order valence-electron chi connectivity index (χ4n) is 4.84. The number of carbonyl (C=O) groups is 1. The van der Waals surface area contributed by atoms with Crippen molar-refractivity contribution in [2.45, 2.75) is 42.9 Å². The molecule has 2 aromatic rings. The lowest BCUT2D eigenvalue weighted by Gasteiger charge is -2.31. The van der Waals surface area contributed by atoms with Gasteiger partial charge in [-0.05, 0) is 49.2 Å². The van der Waals surface area contributed by atoms with E-state index in [1.54, 1.807) is 38.1 Å². The Kier molecular flexibility index (Phi) is 9.09. The van der Waals surface area contributed by atoms with Gasteiger partial charge in [0.1, 0.15) is 0 Å². The van der Waals surface area contributed by atoms with E-state index in [9.17, 15) is 21.6 Å². The van der Waals surface area contributed by atoms with Crippen LogP contribution in [0.25, 0.3) is 0 Å². The highest BCUT2D eigenvalue weighted by molar-refractivity contribution is 7.89. The molecule has 2 fully saturated rings. The second-order valence-corrected chi connectivity index (χ2v) is 13.2. The molecule has 2 aliphatic rings. The summed E-state index contributed by atoms with van der Waals surface area (Å²) in [6.45, 7) is 7.25. The van der Waals surface area contributed by atoms with E-state index in [0.717, 1.165) is 19.3 Å². The number of nitrogens with one attached hydrogen (secondary N) is 1. The molecule has 208 valence electrons. The van der Waals surface area contributed by atoms with E-state index in [1.807, 2.05) is 4.90 Å². The third-order valence-electron chi connectivity index (χ3n) is 6.95. The molecule has 2 heterocycles. The van der Waals surface area contributed by atoms with E-state index < -0.39 is 26.0 Å². The number of ether oxygens (including phenoxy) is 1. The highest BCUT2D eigenvalue weighted by Crippen LogP contribution is 2.29. The molecule has 0 bridgehead atoms. The monoisotopic (exact) mass is 564 g/mol. The Labute approximate surface area is 225 Å². The maximum absolute atomic E-state index is 13.6. The van der Waals surface area contributed by atoms with Crippen LogP contribution in [0.4, 0.5) is 11.4 Å². The zero-order valence-electron chi connectivity index (χ0n) is 21.9. The van der Waals surface area contributed by atoms with Crippen molar-refractivity contribution >= 4 is 37.3 Å². The van der Waals surface area contributed by atoms with Gasteiger partial charge in [0.25, 0.3) is 5.91 Å². The molecule has 0 spiro atoms. The number of piperidine rings is 1. The van der Waals surface area contributed by atoms with Crippen molar-refractivity contribution in [3.8, 4) is 0 Å². The molecule has 0 aliphatic carbocycles. The number of carbonyl (C=O) groups excluding carboxylic acids is 1. The first-order valence-electron chi connectivity index (χ1n) is 13.1. The summed E-state index contributed by atoms with van der Waals surface area (Å²) in [5, 5.41) is 2.80. The van der Waals surface area contributed by atoms with Crippen LogP contribution in [0.1, 0.15) is 43.5 Å². The fraction of sp³-hybridized carbons (Fsp3) is 0.500. The summed E-state index contributed by atoms with van der Waals surface area (Å²) in [5.74, 6) is -0.514. The second kappa shape index (κ2) is 12.1. The number of rotatable bonds is 9. The normalized spacial score (nSPS) is 17.5. The van der Waals surface area contributed by atoms with Gasteiger partial charge in [-0.25, -0.2) is 16.8 Å². The number of amides is 1. The lowest BCUT2D eigenvalue weighted by atomic mass is 10.1. The lowest BCUT2D eigenvalue weighted by Crippen LogP contribution is -2.38. The molecule has 10 nitrogen and oxygen atoms in total. The third-order valence-corrected chi connectivity index (χ3v) is 10.9. The third kappa shape index (κ3) is 6.04. The number of nitrogens with zero attached hydrogens (tertiary/aromatic N) is 3. The smallest absolute Gasteiger partial charge is 0.257 e. The standard InChI is InChI=1S/C26H36N4O6S2/c1-3-29(4-2)37(32,33)22-10-8-9-21(19-22)27-26(31)24-20-23(38(34,35)30-13-6-5-7-14-30)11-12-25(24)28-15-17-36-18-16-28/h8-12,19-20H,3-7,13-18H2,1-2H3,(H,27,31). The first-order chi connectivity index (χ1) is 18.2. The minimum Gasteiger partial charge on any atom is -0.378 e. The highest BCUT2D eigenvalue weighted by atomic mass is 32.2. The fourth-order valence-corrected chi connectivity index (χ4v) is 7.89. The predicted octanol–water partition coefficient (Wildman–Crippen LogP) is 2.98. The van der Waals surface area contributed by atoms with Crippen molar-refractivity contribution in [3.63, 3.8) is 0 Å². The molecule has 38 heavy (non-hydrogen) atoms. The summed E-state index contributed by atoms with van der Waals surface area (Å²) in [4.78, 5) is 15.7. The summed E-state index contributed by atoms with van der Waals surface area (Å²) in [5.41, 5.74) is 1.12. The number of hydrogen-bond donors (Lipinski definition) is 1. The summed E-state index contributed by atoms with van der Waals surface area (Å²) in [6, 6.07) is 10.8. The molecule has 0 radical (unpaired) electrons. The van der Waals surface area contributed by atoms with E-state index >= 15 is 0 Å². The highest BCUT2D eigenvalue weighted by Gasteiger charge is 2.29. The average molecular weight is 565 g/mol. The van der Waals surface area contributed by atoms with Crippen LogP contribution in [0.15, 0.2) is 52.3 Å². The molecule has 2 saturated heterocycles. The van der Waals surface area contributed by atoms with Gasteiger partial charge < -0.3 is 15.0 Å². The van der Waals surface area contributed by atoms with Crippen LogP contribution in [0.2, 0.25) is 0 Å². The maximum Gasteiger partial charge on any atom is 0.257 e. The molecule has 12 heteroatoms. The zero-order chi connectivity index (χ0) is 27.3. The van der Waals surface area contributed by atoms with Crippen LogP contribution >= 0.6 is 0 Å². The zero-order valence-corrected chi connectivity index (χ0v) is 23.6. The minimum absolute atomic E-state index is 0.0689. The summed E-state index contributed by atoms with van der Waals surface area (Å²) in [6.07, 6.45) is 2.62. The van der Waals surface area contributed by atoms with E-state index in [4.69, 9.17) is 4.74 Å². The van der Waals surface area contributed by atoms with Gasteiger partial charge in [0.2, 0.25) is 20.0 Å². The predicted molar refractivity (Wildman–Crippen MR) is 147 cm³/mol. The van der Waals surface area contributed by atoms with Gasteiger partial charge in [-0.2, -0.15) is 8.61 Å². The molecular formula is C26H36N4O6S2. The molecule has 0 unspecified atom stereocenters. The lowest BCUT2D eigenvalue weighted by molar-refractivity contribution is 0.102. The topological polar surface area (TPSA) is 116 Å².